The van der Waals surface area contributed by atoms with Crippen LogP contribution in [-0.4, -0.2) is 83.9 Å². The van der Waals surface area contributed by atoms with Gasteiger partial charge in [0, 0.05) is 49.9 Å². The molecule has 2 saturated heterocycles. The fourth-order valence-electron chi connectivity index (χ4n) is 4.35. The van der Waals surface area contributed by atoms with Crippen molar-refractivity contribution in [2.75, 3.05) is 52.6 Å². The van der Waals surface area contributed by atoms with E-state index in [1.54, 1.807) is 12.1 Å². The number of halogens is 1. The number of H-pyrrole nitrogens is 1. The normalized spacial score (nSPS) is 21.8. The Bertz CT molecular complexity index is 929. The maximum Gasteiger partial charge on any atom is 0.225 e. The van der Waals surface area contributed by atoms with Crippen molar-refractivity contribution < 1.29 is 19.0 Å². The zero-order valence-corrected chi connectivity index (χ0v) is 20.2. The number of hydrogen-bond donors (Lipinski definition) is 1. The van der Waals surface area contributed by atoms with Crippen LogP contribution in [0.1, 0.15) is 30.6 Å². The molecule has 3 heterocycles. The first-order chi connectivity index (χ1) is 16.0. The summed E-state index contributed by atoms with van der Waals surface area (Å²) in [5, 5.41) is 0.653. The zero-order valence-electron chi connectivity index (χ0n) is 19.4. The summed E-state index contributed by atoms with van der Waals surface area (Å²) in [4.78, 5) is 25.4. The number of aromatic amines is 1. The average Bonchev–Trinajstić information content (AvgIpc) is 3.18. The molecule has 2 aromatic rings. The number of ether oxygens (including phenoxy) is 3. The molecule has 33 heavy (non-hydrogen) atoms. The number of aromatic nitrogens is 2. The Hall–Kier alpha value is -2.13. The number of carbonyl (C=O) groups is 1. The van der Waals surface area contributed by atoms with Crippen molar-refractivity contribution in [2.24, 2.45) is 0 Å². The molecule has 1 aromatic carbocycles. The number of carbonyl (C=O) groups excluding carboxylic acids is 1. The van der Waals surface area contributed by atoms with E-state index in [-0.39, 0.29) is 18.9 Å². The highest BCUT2D eigenvalue weighted by molar-refractivity contribution is 6.30. The first kappa shape index (κ1) is 24.0. The van der Waals surface area contributed by atoms with Crippen molar-refractivity contribution in [3.8, 4) is 5.75 Å². The number of rotatable bonds is 8. The van der Waals surface area contributed by atoms with E-state index in [1.165, 1.54) is 0 Å². The van der Waals surface area contributed by atoms with Crippen molar-refractivity contribution in [1.82, 2.24) is 19.8 Å². The van der Waals surface area contributed by atoms with Crippen LogP contribution in [0.4, 0.5) is 0 Å². The molecule has 180 valence electrons. The Morgan fingerprint density at radius 2 is 1.97 bits per heavy atom. The van der Waals surface area contributed by atoms with Gasteiger partial charge in [-0.2, -0.15) is 0 Å². The van der Waals surface area contributed by atoms with Crippen LogP contribution in [0.3, 0.4) is 0 Å². The molecule has 1 N–H and O–H groups in total. The zero-order chi connectivity index (χ0) is 23.3. The highest BCUT2D eigenvalue weighted by Gasteiger charge is 2.41. The number of imidazole rings is 1. The van der Waals surface area contributed by atoms with E-state index in [0.717, 1.165) is 30.2 Å². The summed E-state index contributed by atoms with van der Waals surface area (Å²) in [6.45, 7) is 9.41. The van der Waals surface area contributed by atoms with E-state index in [1.807, 2.05) is 17.0 Å². The Morgan fingerprint density at radius 3 is 2.67 bits per heavy atom. The summed E-state index contributed by atoms with van der Waals surface area (Å²) in [5.74, 6) is 1.77. The second kappa shape index (κ2) is 10.9. The lowest BCUT2D eigenvalue weighted by molar-refractivity contribution is -0.159. The number of benzene rings is 1. The summed E-state index contributed by atoms with van der Waals surface area (Å²) in [5.41, 5.74) is 1.39. The van der Waals surface area contributed by atoms with Crippen LogP contribution in [0.15, 0.2) is 24.3 Å². The largest absolute Gasteiger partial charge is 0.491 e. The SMILES string of the molecule is CCc1nc(CN2CCOC(COc3ccc(Cl)cc3)(CC(=O)N3CCOCC3)C2)c(C)[nH]1. The fraction of sp³-hybridized carbons (Fsp3) is 0.583. The monoisotopic (exact) mass is 476 g/mol. The van der Waals surface area contributed by atoms with E-state index in [2.05, 4.69) is 23.7 Å². The van der Waals surface area contributed by atoms with Crippen molar-refractivity contribution in [3.63, 3.8) is 0 Å². The predicted octanol–water partition coefficient (Wildman–Crippen LogP) is 2.83. The lowest BCUT2D eigenvalue weighted by Gasteiger charge is -2.43. The molecule has 2 aliphatic rings. The molecule has 1 amide bonds. The van der Waals surface area contributed by atoms with Gasteiger partial charge in [-0.25, -0.2) is 4.98 Å². The van der Waals surface area contributed by atoms with Crippen LogP contribution in [0.25, 0.3) is 0 Å². The van der Waals surface area contributed by atoms with Gasteiger partial charge in [0.05, 0.1) is 31.9 Å². The molecule has 9 heteroatoms. The lowest BCUT2D eigenvalue weighted by atomic mass is 9.96. The Morgan fingerprint density at radius 1 is 1.21 bits per heavy atom. The van der Waals surface area contributed by atoms with Gasteiger partial charge < -0.3 is 24.1 Å². The van der Waals surface area contributed by atoms with Gasteiger partial charge in [0.25, 0.3) is 0 Å². The molecule has 4 rings (SSSR count). The van der Waals surface area contributed by atoms with Crippen LogP contribution < -0.4 is 4.74 Å². The van der Waals surface area contributed by atoms with Gasteiger partial charge >= 0.3 is 0 Å². The van der Waals surface area contributed by atoms with E-state index in [4.69, 9.17) is 30.8 Å². The summed E-state index contributed by atoms with van der Waals surface area (Å²) in [6.07, 6.45) is 1.13. The van der Waals surface area contributed by atoms with E-state index < -0.39 is 5.60 Å². The quantitative estimate of drug-likeness (QED) is 0.631. The minimum Gasteiger partial charge on any atom is -0.491 e. The van der Waals surface area contributed by atoms with Crippen molar-refractivity contribution in [3.05, 3.63) is 46.5 Å². The first-order valence-corrected chi connectivity index (χ1v) is 12.0. The Balaban J connectivity index is 1.49. The van der Waals surface area contributed by atoms with Gasteiger partial charge in [0.1, 0.15) is 23.8 Å². The van der Waals surface area contributed by atoms with Crippen molar-refractivity contribution in [1.29, 1.82) is 0 Å². The summed E-state index contributed by atoms with van der Waals surface area (Å²) in [7, 11) is 0. The second-order valence-electron chi connectivity index (χ2n) is 8.76. The van der Waals surface area contributed by atoms with Gasteiger partial charge in [0.15, 0.2) is 0 Å². The predicted molar refractivity (Wildman–Crippen MR) is 126 cm³/mol. The van der Waals surface area contributed by atoms with Gasteiger partial charge in [-0.05, 0) is 31.2 Å². The molecule has 0 bridgehead atoms. The van der Waals surface area contributed by atoms with E-state index >= 15 is 0 Å². The highest BCUT2D eigenvalue weighted by Crippen LogP contribution is 2.27. The molecular formula is C24H33ClN4O4. The Labute approximate surface area is 200 Å². The van der Waals surface area contributed by atoms with Gasteiger partial charge in [-0.15, -0.1) is 0 Å². The summed E-state index contributed by atoms with van der Waals surface area (Å²) in [6, 6.07) is 7.25. The molecule has 8 nitrogen and oxygen atoms in total. The highest BCUT2D eigenvalue weighted by atomic mass is 35.5. The number of amides is 1. The summed E-state index contributed by atoms with van der Waals surface area (Å²) >= 11 is 6.01. The molecule has 1 aromatic heterocycles. The third kappa shape index (κ3) is 6.26. The van der Waals surface area contributed by atoms with Gasteiger partial charge in [0.2, 0.25) is 5.91 Å². The first-order valence-electron chi connectivity index (χ1n) is 11.6. The maximum atomic E-state index is 13.2. The maximum absolute atomic E-state index is 13.2. The number of nitrogens with one attached hydrogen (secondary N) is 1. The van der Waals surface area contributed by atoms with Crippen LogP contribution in [0.5, 0.6) is 5.75 Å². The lowest BCUT2D eigenvalue weighted by Crippen LogP contribution is -2.57. The van der Waals surface area contributed by atoms with Crippen LogP contribution in [0.2, 0.25) is 5.02 Å². The molecule has 1 unspecified atom stereocenters. The minimum absolute atomic E-state index is 0.0732. The number of morpholine rings is 2. The smallest absolute Gasteiger partial charge is 0.225 e. The fourth-order valence-corrected chi connectivity index (χ4v) is 4.47. The van der Waals surface area contributed by atoms with Crippen molar-refractivity contribution in [2.45, 2.75) is 38.8 Å². The molecule has 2 aliphatic heterocycles. The standard InChI is InChI=1S/C24H33ClN4O4/c1-3-22-26-18(2)21(27-22)15-28-8-13-33-24(16-28,14-23(30)29-9-11-31-12-10-29)17-32-20-6-4-19(25)5-7-20/h4-7H,3,8-17H2,1-2H3,(H,26,27). The van der Waals surface area contributed by atoms with Crippen LogP contribution in [0, 0.1) is 6.92 Å². The van der Waals surface area contributed by atoms with E-state index in [9.17, 15) is 4.79 Å². The van der Waals surface area contributed by atoms with Gasteiger partial charge in [-0.3, -0.25) is 9.69 Å². The second-order valence-corrected chi connectivity index (χ2v) is 9.20. The van der Waals surface area contributed by atoms with Gasteiger partial charge in [-0.1, -0.05) is 18.5 Å². The number of hydrogen-bond acceptors (Lipinski definition) is 6. The molecule has 2 fully saturated rings. The molecule has 0 spiro atoms. The number of nitrogens with zero attached hydrogens (tertiary/aromatic N) is 3. The molecule has 0 saturated carbocycles. The molecule has 1 atom stereocenters. The van der Waals surface area contributed by atoms with E-state index in [0.29, 0.717) is 56.8 Å². The molecular weight excluding hydrogens is 444 g/mol. The molecule has 0 radical (unpaired) electrons. The van der Waals surface area contributed by atoms with Crippen LogP contribution >= 0.6 is 11.6 Å². The minimum atomic E-state index is -0.745. The van der Waals surface area contributed by atoms with Crippen molar-refractivity contribution >= 4 is 17.5 Å². The Kier molecular flexibility index (Phi) is 7.90. The third-order valence-corrected chi connectivity index (χ3v) is 6.48. The topological polar surface area (TPSA) is 79.9 Å². The number of aryl methyl sites for hydroxylation is 2. The summed E-state index contributed by atoms with van der Waals surface area (Å²) < 4.78 is 17.8. The third-order valence-electron chi connectivity index (χ3n) is 6.22. The average molecular weight is 477 g/mol. The molecule has 0 aliphatic carbocycles. The van der Waals surface area contributed by atoms with Crippen LogP contribution in [-0.2, 0) is 27.2 Å².